The Morgan fingerprint density at radius 2 is 1.60 bits per heavy atom. The van der Waals surface area contributed by atoms with Crippen molar-refractivity contribution >= 4 is 23.3 Å². The van der Waals surface area contributed by atoms with E-state index in [1.165, 1.54) is 6.26 Å². The SMILES string of the molecule is O=C(c1ccccc1)c1cccc(NC(=O)C2CCN(C(=O)c3ccco3)CC2)c1. The molecular formula is C24H22N2O4. The molecule has 2 amide bonds. The Hall–Kier alpha value is -3.67. The molecule has 3 aromatic rings. The lowest BCUT2D eigenvalue weighted by Gasteiger charge is -2.30. The van der Waals surface area contributed by atoms with Gasteiger partial charge in [-0.3, -0.25) is 14.4 Å². The van der Waals surface area contributed by atoms with Crippen LogP contribution in [0, 0.1) is 5.92 Å². The Balaban J connectivity index is 1.36. The predicted molar refractivity (Wildman–Crippen MR) is 112 cm³/mol. The first-order valence-corrected chi connectivity index (χ1v) is 9.95. The third kappa shape index (κ3) is 4.33. The Labute approximate surface area is 174 Å². The van der Waals surface area contributed by atoms with Crippen molar-refractivity contribution in [2.24, 2.45) is 5.92 Å². The minimum absolute atomic E-state index is 0.0866. The molecule has 1 N–H and O–H groups in total. The van der Waals surface area contributed by atoms with Gasteiger partial charge in [0, 0.05) is 35.8 Å². The van der Waals surface area contributed by atoms with Crippen molar-refractivity contribution < 1.29 is 18.8 Å². The molecule has 1 aliphatic rings. The maximum absolute atomic E-state index is 12.7. The molecule has 0 spiro atoms. The summed E-state index contributed by atoms with van der Waals surface area (Å²) in [5, 5.41) is 2.92. The van der Waals surface area contributed by atoms with Gasteiger partial charge in [0.1, 0.15) is 0 Å². The molecule has 4 rings (SSSR count). The van der Waals surface area contributed by atoms with Crippen molar-refractivity contribution in [1.29, 1.82) is 0 Å². The van der Waals surface area contributed by atoms with E-state index in [2.05, 4.69) is 5.32 Å². The first kappa shape index (κ1) is 19.6. The van der Waals surface area contributed by atoms with E-state index in [0.29, 0.717) is 48.5 Å². The van der Waals surface area contributed by atoms with Crippen molar-refractivity contribution in [3.8, 4) is 0 Å². The zero-order valence-corrected chi connectivity index (χ0v) is 16.4. The van der Waals surface area contributed by atoms with Gasteiger partial charge in [-0.05, 0) is 37.1 Å². The molecule has 6 nitrogen and oxygen atoms in total. The molecule has 0 saturated carbocycles. The summed E-state index contributed by atoms with van der Waals surface area (Å²) >= 11 is 0. The van der Waals surface area contributed by atoms with Gasteiger partial charge >= 0.3 is 0 Å². The number of benzene rings is 2. The van der Waals surface area contributed by atoms with Gasteiger partial charge in [0.15, 0.2) is 11.5 Å². The standard InChI is InChI=1S/C24H22N2O4/c27-22(17-6-2-1-3-7-17)19-8-4-9-20(16-19)25-23(28)18-11-13-26(14-12-18)24(29)21-10-5-15-30-21/h1-10,15-16,18H,11-14H2,(H,25,28). The zero-order chi connectivity index (χ0) is 20.9. The van der Waals surface area contributed by atoms with E-state index < -0.39 is 0 Å². The number of nitrogens with one attached hydrogen (secondary N) is 1. The first-order valence-electron chi connectivity index (χ1n) is 9.95. The molecule has 2 heterocycles. The summed E-state index contributed by atoms with van der Waals surface area (Å²) in [4.78, 5) is 39.4. The molecule has 0 bridgehead atoms. The van der Waals surface area contributed by atoms with Crippen LogP contribution >= 0.6 is 0 Å². The van der Waals surface area contributed by atoms with E-state index in [1.807, 2.05) is 18.2 Å². The van der Waals surface area contributed by atoms with E-state index in [4.69, 9.17) is 4.42 Å². The van der Waals surface area contributed by atoms with E-state index in [-0.39, 0.29) is 23.5 Å². The number of nitrogens with zero attached hydrogens (tertiary/aromatic N) is 1. The second kappa shape index (κ2) is 8.78. The number of furan rings is 1. The fourth-order valence-electron chi connectivity index (χ4n) is 3.64. The zero-order valence-electron chi connectivity index (χ0n) is 16.4. The monoisotopic (exact) mass is 402 g/mol. The number of carbonyl (C=O) groups excluding carboxylic acids is 3. The maximum Gasteiger partial charge on any atom is 0.289 e. The summed E-state index contributed by atoms with van der Waals surface area (Å²) in [6.07, 6.45) is 2.64. The van der Waals surface area contributed by atoms with Gasteiger partial charge in [-0.1, -0.05) is 42.5 Å². The van der Waals surface area contributed by atoms with Crippen molar-refractivity contribution in [2.45, 2.75) is 12.8 Å². The van der Waals surface area contributed by atoms with Crippen LogP contribution in [0.3, 0.4) is 0 Å². The van der Waals surface area contributed by atoms with Crippen LogP contribution in [0.1, 0.15) is 39.3 Å². The second-order valence-corrected chi connectivity index (χ2v) is 7.31. The summed E-state index contributed by atoms with van der Waals surface area (Å²) < 4.78 is 5.17. The minimum atomic E-state index is -0.181. The summed E-state index contributed by atoms with van der Waals surface area (Å²) in [6, 6.07) is 19.3. The van der Waals surface area contributed by atoms with Crippen LogP contribution in [0.15, 0.2) is 77.4 Å². The number of amides is 2. The van der Waals surface area contributed by atoms with Gasteiger partial charge in [-0.2, -0.15) is 0 Å². The highest BCUT2D eigenvalue weighted by Crippen LogP contribution is 2.22. The lowest BCUT2D eigenvalue weighted by molar-refractivity contribution is -0.121. The Morgan fingerprint density at radius 3 is 2.30 bits per heavy atom. The number of piperidine rings is 1. The normalized spacial score (nSPS) is 14.3. The van der Waals surface area contributed by atoms with E-state index in [1.54, 1.807) is 53.4 Å². The van der Waals surface area contributed by atoms with Crippen LogP contribution in [0.5, 0.6) is 0 Å². The Kier molecular flexibility index (Phi) is 5.75. The Morgan fingerprint density at radius 1 is 0.867 bits per heavy atom. The summed E-state index contributed by atoms with van der Waals surface area (Å²) in [6.45, 7) is 1.01. The number of rotatable bonds is 5. The van der Waals surface area contributed by atoms with E-state index >= 15 is 0 Å². The van der Waals surface area contributed by atoms with Gasteiger partial charge in [-0.25, -0.2) is 0 Å². The van der Waals surface area contributed by atoms with Gasteiger partial charge in [-0.15, -0.1) is 0 Å². The highest BCUT2D eigenvalue weighted by molar-refractivity contribution is 6.09. The molecule has 0 atom stereocenters. The van der Waals surface area contributed by atoms with Crippen molar-refractivity contribution in [1.82, 2.24) is 4.90 Å². The van der Waals surface area contributed by atoms with Crippen LogP contribution in [0.2, 0.25) is 0 Å². The number of carbonyl (C=O) groups is 3. The largest absolute Gasteiger partial charge is 0.459 e. The molecule has 1 aliphatic heterocycles. The average Bonchev–Trinajstić information content (AvgIpc) is 3.34. The van der Waals surface area contributed by atoms with Gasteiger partial charge in [0.05, 0.1) is 6.26 Å². The van der Waals surface area contributed by atoms with Gasteiger partial charge in [0.2, 0.25) is 5.91 Å². The van der Waals surface area contributed by atoms with Crippen LogP contribution in [-0.4, -0.2) is 35.6 Å². The number of ketones is 1. The lowest BCUT2D eigenvalue weighted by atomic mass is 9.95. The minimum Gasteiger partial charge on any atom is -0.459 e. The number of anilines is 1. The smallest absolute Gasteiger partial charge is 0.289 e. The number of hydrogen-bond acceptors (Lipinski definition) is 4. The lowest BCUT2D eigenvalue weighted by Crippen LogP contribution is -2.41. The third-order valence-corrected chi connectivity index (χ3v) is 5.31. The second-order valence-electron chi connectivity index (χ2n) is 7.31. The maximum atomic E-state index is 12.7. The number of likely N-dealkylation sites (tertiary alicyclic amines) is 1. The summed E-state index contributed by atoms with van der Waals surface area (Å²) in [7, 11) is 0. The van der Waals surface area contributed by atoms with Crippen molar-refractivity contribution in [2.75, 3.05) is 18.4 Å². The fraction of sp³-hybridized carbons (Fsp3) is 0.208. The molecular weight excluding hydrogens is 380 g/mol. The van der Waals surface area contributed by atoms with Crippen LogP contribution in [0.25, 0.3) is 0 Å². The molecule has 1 fully saturated rings. The van der Waals surface area contributed by atoms with Crippen molar-refractivity contribution in [3.63, 3.8) is 0 Å². The quantitative estimate of drug-likeness (QED) is 0.654. The predicted octanol–water partition coefficient (Wildman–Crippen LogP) is 4.00. The molecule has 1 aromatic heterocycles. The van der Waals surface area contributed by atoms with Crippen LogP contribution in [-0.2, 0) is 4.79 Å². The molecule has 2 aromatic carbocycles. The van der Waals surface area contributed by atoms with Crippen LogP contribution < -0.4 is 5.32 Å². The Bertz CT molecular complexity index is 1040. The average molecular weight is 402 g/mol. The molecule has 152 valence electrons. The van der Waals surface area contributed by atoms with E-state index in [0.717, 1.165) is 0 Å². The first-order chi connectivity index (χ1) is 14.6. The van der Waals surface area contributed by atoms with E-state index in [9.17, 15) is 14.4 Å². The highest BCUT2D eigenvalue weighted by Gasteiger charge is 2.28. The topological polar surface area (TPSA) is 79.6 Å². The highest BCUT2D eigenvalue weighted by atomic mass is 16.3. The summed E-state index contributed by atoms with van der Waals surface area (Å²) in [5.41, 5.74) is 1.73. The molecule has 0 radical (unpaired) electrons. The third-order valence-electron chi connectivity index (χ3n) is 5.31. The molecule has 1 saturated heterocycles. The fourth-order valence-corrected chi connectivity index (χ4v) is 3.64. The van der Waals surface area contributed by atoms with Gasteiger partial charge in [0.25, 0.3) is 5.91 Å². The molecule has 6 heteroatoms. The molecule has 30 heavy (non-hydrogen) atoms. The molecule has 0 unspecified atom stereocenters. The summed E-state index contributed by atoms with van der Waals surface area (Å²) in [5.74, 6) is -0.191. The van der Waals surface area contributed by atoms with Crippen molar-refractivity contribution in [3.05, 3.63) is 89.9 Å². The molecule has 0 aliphatic carbocycles. The van der Waals surface area contributed by atoms with Crippen LogP contribution in [0.4, 0.5) is 5.69 Å². The van der Waals surface area contributed by atoms with Gasteiger partial charge < -0.3 is 14.6 Å². The number of hydrogen-bond donors (Lipinski definition) is 1.